The monoisotopic (exact) mass is 465 g/mol. The number of benzene rings is 2. The van der Waals surface area contributed by atoms with Crippen molar-refractivity contribution in [3.05, 3.63) is 88.0 Å². The summed E-state index contributed by atoms with van der Waals surface area (Å²) in [5.74, 6) is -1.43. The topological polar surface area (TPSA) is 73.9 Å². The van der Waals surface area contributed by atoms with Crippen molar-refractivity contribution in [2.24, 2.45) is 0 Å². The largest absolute Gasteiger partial charge is 0.496 e. The summed E-state index contributed by atoms with van der Waals surface area (Å²) in [6.07, 6.45) is 0.770. The van der Waals surface area contributed by atoms with E-state index in [9.17, 15) is 9.59 Å². The lowest BCUT2D eigenvalue weighted by atomic mass is 9.71. The van der Waals surface area contributed by atoms with Crippen molar-refractivity contribution in [3.8, 4) is 5.75 Å². The summed E-state index contributed by atoms with van der Waals surface area (Å²) in [7, 11) is 3.12. The Morgan fingerprint density at radius 2 is 1.74 bits per heavy atom. The van der Waals surface area contributed by atoms with Crippen LogP contribution in [0.1, 0.15) is 42.7 Å². The van der Waals surface area contributed by atoms with Crippen LogP contribution in [0.25, 0.3) is 0 Å². The van der Waals surface area contributed by atoms with Gasteiger partial charge < -0.3 is 19.5 Å². The second-order valence-corrected chi connectivity index (χ2v) is 8.41. The number of methoxy groups -OCH3 is 2. The maximum Gasteiger partial charge on any atom is 0.336 e. The third kappa shape index (κ3) is 4.48. The fourth-order valence-electron chi connectivity index (χ4n) is 4.85. The van der Waals surface area contributed by atoms with Crippen LogP contribution in [-0.2, 0) is 19.1 Å². The Morgan fingerprint density at radius 3 is 2.44 bits per heavy atom. The molecule has 2 aromatic rings. The summed E-state index contributed by atoms with van der Waals surface area (Å²) >= 11 is 0. The highest BCUT2D eigenvalue weighted by atomic mass is 19.1. The van der Waals surface area contributed by atoms with Crippen LogP contribution in [-0.4, -0.2) is 39.2 Å². The van der Waals surface area contributed by atoms with Gasteiger partial charge in [0.05, 0.1) is 25.2 Å². The second-order valence-electron chi connectivity index (χ2n) is 8.41. The third-order valence-corrected chi connectivity index (χ3v) is 6.36. The van der Waals surface area contributed by atoms with Gasteiger partial charge in [0.1, 0.15) is 18.2 Å². The van der Waals surface area contributed by atoms with Crippen LogP contribution in [0.4, 0.5) is 4.39 Å². The molecule has 0 spiro atoms. The molecule has 0 unspecified atom stereocenters. The van der Waals surface area contributed by atoms with E-state index in [1.165, 1.54) is 13.2 Å². The molecule has 34 heavy (non-hydrogen) atoms. The molecule has 1 aliphatic heterocycles. The SMILES string of the molecule is COCCOC(=O)C1=C(C)NC2=C(C(=O)C[C@@H](c3ccccc3OC)C2)[C@H]1c1ccccc1F. The van der Waals surface area contributed by atoms with E-state index < -0.39 is 17.7 Å². The molecule has 2 aromatic carbocycles. The molecular weight excluding hydrogens is 437 g/mol. The fraction of sp³-hybridized carbons (Fsp3) is 0.333. The van der Waals surface area contributed by atoms with Gasteiger partial charge in [0.2, 0.25) is 0 Å². The summed E-state index contributed by atoms with van der Waals surface area (Å²) in [5.41, 5.74) is 3.12. The van der Waals surface area contributed by atoms with E-state index in [1.54, 1.807) is 32.2 Å². The molecule has 4 rings (SSSR count). The number of esters is 1. The van der Waals surface area contributed by atoms with Crippen molar-refractivity contribution in [2.75, 3.05) is 27.4 Å². The summed E-state index contributed by atoms with van der Waals surface area (Å²) in [4.78, 5) is 26.7. The number of nitrogens with one attached hydrogen (secondary N) is 1. The number of hydrogen-bond donors (Lipinski definition) is 1. The van der Waals surface area contributed by atoms with Crippen molar-refractivity contribution in [1.29, 1.82) is 0 Å². The van der Waals surface area contributed by atoms with E-state index in [-0.39, 0.29) is 42.5 Å². The molecule has 0 saturated carbocycles. The van der Waals surface area contributed by atoms with E-state index in [0.717, 1.165) is 11.3 Å². The van der Waals surface area contributed by atoms with Gasteiger partial charge in [-0.2, -0.15) is 0 Å². The number of Topliss-reactive ketones (excluding diaryl/α,β-unsaturated/α-hetero) is 1. The molecule has 1 heterocycles. The summed E-state index contributed by atoms with van der Waals surface area (Å²) in [5, 5.41) is 3.27. The molecule has 1 N–H and O–H groups in total. The van der Waals surface area contributed by atoms with Crippen LogP contribution >= 0.6 is 0 Å². The van der Waals surface area contributed by atoms with Gasteiger partial charge in [-0.1, -0.05) is 36.4 Å². The Labute approximate surface area is 198 Å². The molecule has 6 nitrogen and oxygen atoms in total. The quantitative estimate of drug-likeness (QED) is 0.483. The van der Waals surface area contributed by atoms with E-state index >= 15 is 4.39 Å². The molecule has 0 bridgehead atoms. The summed E-state index contributed by atoms with van der Waals surface area (Å²) < 4.78 is 30.9. The van der Waals surface area contributed by atoms with Crippen LogP contribution < -0.4 is 10.1 Å². The minimum Gasteiger partial charge on any atom is -0.496 e. The molecule has 0 saturated heterocycles. The first-order chi connectivity index (χ1) is 16.5. The molecular formula is C27H28FNO5. The molecule has 1 aliphatic carbocycles. The number of ether oxygens (including phenoxy) is 3. The van der Waals surface area contributed by atoms with E-state index in [0.29, 0.717) is 23.4 Å². The first kappa shape index (κ1) is 23.7. The Bertz CT molecular complexity index is 1170. The van der Waals surface area contributed by atoms with Crippen molar-refractivity contribution in [1.82, 2.24) is 5.32 Å². The van der Waals surface area contributed by atoms with Gasteiger partial charge in [-0.3, -0.25) is 4.79 Å². The van der Waals surface area contributed by atoms with Gasteiger partial charge >= 0.3 is 5.97 Å². The maximum absolute atomic E-state index is 15.0. The number of ketones is 1. The zero-order chi connectivity index (χ0) is 24.2. The lowest BCUT2D eigenvalue weighted by Gasteiger charge is -2.37. The number of allylic oxidation sites excluding steroid dienone is 3. The summed E-state index contributed by atoms with van der Waals surface area (Å²) in [6.45, 7) is 2.05. The van der Waals surface area contributed by atoms with Crippen molar-refractivity contribution in [3.63, 3.8) is 0 Å². The van der Waals surface area contributed by atoms with Crippen LogP contribution in [0, 0.1) is 5.82 Å². The predicted molar refractivity (Wildman–Crippen MR) is 125 cm³/mol. The number of carbonyl (C=O) groups is 2. The smallest absolute Gasteiger partial charge is 0.336 e. The molecule has 2 atom stereocenters. The Balaban J connectivity index is 1.77. The number of dihydropyridines is 1. The first-order valence-corrected chi connectivity index (χ1v) is 11.2. The van der Waals surface area contributed by atoms with Crippen molar-refractivity contribution >= 4 is 11.8 Å². The minimum absolute atomic E-state index is 0.0613. The van der Waals surface area contributed by atoms with Gasteiger partial charge in [-0.05, 0) is 31.0 Å². The van der Waals surface area contributed by atoms with Crippen LogP contribution in [0.15, 0.2) is 71.1 Å². The number of carbonyl (C=O) groups excluding carboxylic acids is 2. The Hall–Kier alpha value is -3.45. The molecule has 0 fully saturated rings. The van der Waals surface area contributed by atoms with Crippen molar-refractivity contribution in [2.45, 2.75) is 31.6 Å². The van der Waals surface area contributed by atoms with Gasteiger partial charge in [-0.25, -0.2) is 9.18 Å². The number of para-hydroxylation sites is 1. The number of hydrogen-bond acceptors (Lipinski definition) is 6. The van der Waals surface area contributed by atoms with E-state index in [2.05, 4.69) is 5.32 Å². The Kier molecular flexibility index (Phi) is 7.12. The average molecular weight is 466 g/mol. The molecule has 178 valence electrons. The molecule has 7 heteroatoms. The van der Waals surface area contributed by atoms with Crippen molar-refractivity contribution < 1.29 is 28.2 Å². The van der Waals surface area contributed by atoms with E-state index in [4.69, 9.17) is 14.2 Å². The van der Waals surface area contributed by atoms with Gasteiger partial charge in [-0.15, -0.1) is 0 Å². The third-order valence-electron chi connectivity index (χ3n) is 6.36. The first-order valence-electron chi connectivity index (χ1n) is 11.2. The fourth-order valence-corrected chi connectivity index (χ4v) is 4.85. The van der Waals surface area contributed by atoms with E-state index in [1.807, 2.05) is 24.3 Å². The molecule has 0 amide bonds. The predicted octanol–water partition coefficient (Wildman–Crippen LogP) is 4.39. The highest BCUT2D eigenvalue weighted by Crippen LogP contribution is 2.47. The highest BCUT2D eigenvalue weighted by Gasteiger charge is 2.42. The minimum atomic E-state index is -0.849. The standard InChI is InChI=1S/C27H28FNO5/c1-16-24(27(31)34-13-12-32-2)25(19-9-4-6-10-20(19)28)26-21(29-16)14-17(15-22(26)30)18-8-5-7-11-23(18)33-3/h4-11,17,25,29H,12-15H2,1-3H3/t17-,25-/m0/s1. The van der Waals surface area contributed by atoms with Gasteiger partial charge in [0.25, 0.3) is 0 Å². The average Bonchev–Trinajstić information content (AvgIpc) is 2.83. The number of halogens is 1. The van der Waals surface area contributed by atoms with Crippen LogP contribution in [0.2, 0.25) is 0 Å². The normalized spacial score (nSPS) is 20.1. The van der Waals surface area contributed by atoms with Gasteiger partial charge in [0, 0.05) is 42.0 Å². The lowest BCUT2D eigenvalue weighted by molar-refractivity contribution is -0.140. The maximum atomic E-state index is 15.0. The number of rotatable bonds is 7. The molecule has 2 aliphatic rings. The van der Waals surface area contributed by atoms with Crippen LogP contribution in [0.3, 0.4) is 0 Å². The highest BCUT2D eigenvalue weighted by molar-refractivity contribution is 6.04. The van der Waals surface area contributed by atoms with Gasteiger partial charge in [0.15, 0.2) is 5.78 Å². The molecule has 0 aromatic heterocycles. The Morgan fingerprint density at radius 1 is 1.03 bits per heavy atom. The second kappa shape index (κ2) is 10.2. The lowest BCUT2D eigenvalue weighted by Crippen LogP contribution is -2.36. The zero-order valence-electron chi connectivity index (χ0n) is 19.5. The zero-order valence-corrected chi connectivity index (χ0v) is 19.5. The molecule has 0 radical (unpaired) electrons. The van der Waals surface area contributed by atoms with Crippen LogP contribution in [0.5, 0.6) is 5.75 Å². The summed E-state index contributed by atoms with van der Waals surface area (Å²) in [6, 6.07) is 13.9.